The van der Waals surface area contributed by atoms with Crippen molar-refractivity contribution < 1.29 is 38.6 Å². The average molecular weight is 693 g/mol. The number of nitrogens with zero attached hydrogens (tertiary/aromatic N) is 3. The molecule has 1 saturated heterocycles. The molecule has 2 aliphatic heterocycles. The number of benzene rings is 3. The van der Waals surface area contributed by atoms with E-state index in [0.717, 1.165) is 16.0 Å². The van der Waals surface area contributed by atoms with Crippen LogP contribution in [0.3, 0.4) is 0 Å². The van der Waals surface area contributed by atoms with E-state index >= 15 is 0 Å². The van der Waals surface area contributed by atoms with Gasteiger partial charge < -0.3 is 25.6 Å². The number of unbranched alkanes of at least 4 members (excludes halogenated alkanes) is 1. The van der Waals surface area contributed by atoms with Gasteiger partial charge in [0.2, 0.25) is 17.7 Å². The number of anilines is 1. The Morgan fingerprint density at radius 3 is 2.41 bits per heavy atom. The molecule has 2 aliphatic rings. The number of imide groups is 2. The maximum absolute atomic E-state index is 13.2. The molecule has 1 unspecified atom stereocenters. The molecule has 5 N–H and O–H groups in total. The van der Waals surface area contributed by atoms with Gasteiger partial charge in [0.05, 0.1) is 24.3 Å². The summed E-state index contributed by atoms with van der Waals surface area (Å²) < 4.78 is 11.7. The molecule has 51 heavy (non-hydrogen) atoms. The Bertz CT molecular complexity index is 1980. The fourth-order valence-corrected chi connectivity index (χ4v) is 5.89. The Morgan fingerprint density at radius 2 is 1.63 bits per heavy atom. The molecule has 1 aromatic heterocycles. The van der Waals surface area contributed by atoms with E-state index in [1.54, 1.807) is 42.5 Å². The molecule has 3 aromatic carbocycles. The van der Waals surface area contributed by atoms with Crippen LogP contribution in [0.2, 0.25) is 0 Å². The molecule has 1 atom stereocenters. The number of hydrogen-bond acceptors (Lipinski definition) is 11. The van der Waals surface area contributed by atoms with Crippen LogP contribution in [0, 0.1) is 0 Å². The van der Waals surface area contributed by atoms with Gasteiger partial charge in [0.25, 0.3) is 11.8 Å². The molecule has 0 aliphatic carbocycles. The van der Waals surface area contributed by atoms with Crippen LogP contribution in [0.25, 0.3) is 11.3 Å². The topological polar surface area (TPSA) is 203 Å². The number of nitrogen functional groups attached to an aromatic ring is 1. The number of ether oxygens (including phenoxy) is 2. The van der Waals surface area contributed by atoms with Crippen molar-refractivity contribution in [3.8, 4) is 28.5 Å². The second-order valence-electron chi connectivity index (χ2n) is 12.1. The number of nitrogens with two attached hydrogens (primary N) is 1. The van der Waals surface area contributed by atoms with E-state index in [-0.39, 0.29) is 60.2 Å². The maximum atomic E-state index is 13.2. The summed E-state index contributed by atoms with van der Waals surface area (Å²) in [4.78, 5) is 63.4. The number of nitrogens with one attached hydrogen (secondary N) is 2. The lowest BCUT2D eigenvalue weighted by atomic mass is 10.0. The number of piperidine rings is 1. The number of amides is 5. The first kappa shape index (κ1) is 34.5. The van der Waals surface area contributed by atoms with Crippen molar-refractivity contribution in [1.82, 2.24) is 25.7 Å². The summed E-state index contributed by atoms with van der Waals surface area (Å²) in [6.45, 7) is 0.936. The van der Waals surface area contributed by atoms with Gasteiger partial charge in [0.1, 0.15) is 23.2 Å². The van der Waals surface area contributed by atoms with E-state index in [9.17, 15) is 29.1 Å². The lowest BCUT2D eigenvalue weighted by Gasteiger charge is -2.27. The molecule has 1 fully saturated rings. The zero-order valence-electron chi connectivity index (χ0n) is 27.6. The van der Waals surface area contributed by atoms with E-state index in [2.05, 4.69) is 20.8 Å². The summed E-state index contributed by atoms with van der Waals surface area (Å²) in [6.07, 6.45) is 2.08. The van der Waals surface area contributed by atoms with Crippen LogP contribution < -0.4 is 25.8 Å². The van der Waals surface area contributed by atoms with Crippen molar-refractivity contribution in [2.75, 3.05) is 18.9 Å². The van der Waals surface area contributed by atoms with Crippen LogP contribution in [0.15, 0.2) is 72.8 Å². The van der Waals surface area contributed by atoms with Gasteiger partial charge in [-0.25, -0.2) is 0 Å². The highest BCUT2D eigenvalue weighted by atomic mass is 16.5. The third-order valence-electron chi connectivity index (χ3n) is 8.61. The largest absolute Gasteiger partial charge is 0.507 e. The number of aromatic hydroxyl groups is 1. The Morgan fingerprint density at radius 1 is 0.882 bits per heavy atom. The van der Waals surface area contributed by atoms with E-state index < -0.39 is 29.7 Å². The van der Waals surface area contributed by atoms with Gasteiger partial charge in [-0.05, 0) is 54.7 Å². The highest BCUT2D eigenvalue weighted by Crippen LogP contribution is 2.34. The smallest absolute Gasteiger partial charge is 0.266 e. The number of phenolic OH excluding ortho intramolecular Hbond substituents is 1. The molecular formula is C37H36N6O8. The number of rotatable bonds is 14. The summed E-state index contributed by atoms with van der Waals surface area (Å²) in [5.74, 6) is -1.60. The summed E-state index contributed by atoms with van der Waals surface area (Å²) >= 11 is 0. The number of aromatic nitrogens is 2. The minimum absolute atomic E-state index is 0.0393. The van der Waals surface area contributed by atoms with E-state index in [1.165, 1.54) is 6.07 Å². The van der Waals surface area contributed by atoms with Crippen LogP contribution in [-0.2, 0) is 27.3 Å². The van der Waals surface area contributed by atoms with Crippen molar-refractivity contribution in [2.24, 2.45) is 0 Å². The highest BCUT2D eigenvalue weighted by Gasteiger charge is 2.46. The number of carbonyl (C=O) groups is 5. The first-order chi connectivity index (χ1) is 24.7. The van der Waals surface area contributed by atoms with Gasteiger partial charge in [-0.2, -0.15) is 0 Å². The monoisotopic (exact) mass is 692 g/mol. The number of para-hydroxylation sites is 1. The molecule has 14 nitrogen and oxygen atoms in total. The van der Waals surface area contributed by atoms with Crippen molar-refractivity contribution in [3.63, 3.8) is 0 Å². The molecule has 14 heteroatoms. The van der Waals surface area contributed by atoms with Crippen LogP contribution in [0.5, 0.6) is 17.2 Å². The first-order valence-electron chi connectivity index (χ1n) is 16.6. The van der Waals surface area contributed by atoms with E-state index in [0.29, 0.717) is 49.4 Å². The second-order valence-corrected chi connectivity index (χ2v) is 12.1. The van der Waals surface area contributed by atoms with Crippen molar-refractivity contribution in [3.05, 3.63) is 95.1 Å². The zero-order valence-corrected chi connectivity index (χ0v) is 27.6. The lowest BCUT2D eigenvalue weighted by molar-refractivity contribution is -0.136. The second kappa shape index (κ2) is 15.5. The fraction of sp³-hybridized carbons (Fsp3) is 0.270. The van der Waals surface area contributed by atoms with Gasteiger partial charge in [-0.3, -0.25) is 34.2 Å². The Hall–Kier alpha value is -6.31. The standard InChI is InChI=1S/C37H36N6O8/c38-34-30(20-26(41-42-34)24-6-1-2-8-28(24)44)51-19-17-22-11-13-23(14-12-22)21-39-31(45)10-3-4-18-50-29-9-5-7-25-33(29)37(49)43(36(25)48)27-15-16-32(46)40-35(27)47/h1-2,5-9,11-14,20,27,44H,3-4,10,15-19,21H2,(H2,38,42)(H,39,45)(H,40,46,47). The Kier molecular flexibility index (Phi) is 10.5. The molecule has 5 amide bonds. The zero-order chi connectivity index (χ0) is 35.9. The third kappa shape index (κ3) is 7.96. The van der Waals surface area contributed by atoms with Crippen LogP contribution in [0.4, 0.5) is 5.82 Å². The van der Waals surface area contributed by atoms with Gasteiger partial charge in [0.15, 0.2) is 11.6 Å². The molecule has 3 heterocycles. The predicted molar refractivity (Wildman–Crippen MR) is 183 cm³/mol. The SMILES string of the molecule is Nc1nnc(-c2ccccc2O)cc1OCCc1ccc(CNC(=O)CCCCOc2cccc3c2C(=O)N(C2CCC(=O)NC2=O)C3=O)cc1. The number of fused-ring (bicyclic) bond motifs is 1. The molecule has 0 saturated carbocycles. The first-order valence-corrected chi connectivity index (χ1v) is 16.6. The summed E-state index contributed by atoms with van der Waals surface area (Å²) in [5, 5.41) is 23.2. The predicted octanol–water partition coefficient (Wildman–Crippen LogP) is 3.32. The van der Waals surface area contributed by atoms with E-state index in [4.69, 9.17) is 15.2 Å². The summed E-state index contributed by atoms with van der Waals surface area (Å²) in [5.41, 5.74) is 9.14. The summed E-state index contributed by atoms with van der Waals surface area (Å²) in [6, 6.07) is 19.9. The number of phenols is 1. The average Bonchev–Trinajstić information content (AvgIpc) is 3.38. The highest BCUT2D eigenvalue weighted by molar-refractivity contribution is 6.24. The Balaban J connectivity index is 0.903. The van der Waals surface area contributed by atoms with Gasteiger partial charge in [-0.15, -0.1) is 10.2 Å². The quantitative estimate of drug-likeness (QED) is 0.112. The van der Waals surface area contributed by atoms with Crippen LogP contribution in [0.1, 0.15) is 63.9 Å². The lowest BCUT2D eigenvalue weighted by Crippen LogP contribution is -2.54. The molecule has 0 bridgehead atoms. The fourth-order valence-electron chi connectivity index (χ4n) is 5.89. The minimum Gasteiger partial charge on any atom is -0.507 e. The Labute approximate surface area is 293 Å². The van der Waals surface area contributed by atoms with Crippen molar-refractivity contribution >= 4 is 35.4 Å². The molecule has 4 aromatic rings. The third-order valence-corrected chi connectivity index (χ3v) is 8.61. The number of hydrogen-bond donors (Lipinski definition) is 4. The van der Waals surface area contributed by atoms with Crippen molar-refractivity contribution in [1.29, 1.82) is 0 Å². The molecule has 262 valence electrons. The molecular weight excluding hydrogens is 656 g/mol. The van der Waals surface area contributed by atoms with Gasteiger partial charge in [0, 0.05) is 37.4 Å². The molecule has 0 radical (unpaired) electrons. The van der Waals surface area contributed by atoms with Crippen molar-refractivity contribution in [2.45, 2.75) is 51.1 Å². The molecule has 6 rings (SSSR count). The minimum atomic E-state index is -1.05. The maximum Gasteiger partial charge on any atom is 0.266 e. The van der Waals surface area contributed by atoms with Crippen LogP contribution in [-0.4, -0.2) is 69.0 Å². The number of carbonyl (C=O) groups excluding carboxylic acids is 5. The normalized spacial score (nSPS) is 15.4. The van der Waals surface area contributed by atoms with E-state index in [1.807, 2.05) is 24.3 Å². The van der Waals surface area contributed by atoms with Gasteiger partial charge >= 0.3 is 0 Å². The summed E-state index contributed by atoms with van der Waals surface area (Å²) in [7, 11) is 0. The molecule has 0 spiro atoms. The van der Waals surface area contributed by atoms with Gasteiger partial charge in [-0.1, -0.05) is 42.5 Å². The van der Waals surface area contributed by atoms with Crippen LogP contribution >= 0.6 is 0 Å².